The molecule has 0 radical (unpaired) electrons. The molecule has 0 saturated heterocycles. The number of nitrogens with zero attached hydrogens (tertiary/aromatic N) is 3. The van der Waals surface area contributed by atoms with Crippen LogP contribution in [0.1, 0.15) is 16.1 Å². The Kier molecular flexibility index (Phi) is 3.25. The number of aromatic nitrogens is 2. The third-order valence-electron chi connectivity index (χ3n) is 3.23. The maximum atomic E-state index is 4.42. The van der Waals surface area contributed by atoms with Crippen molar-refractivity contribution in [3.05, 3.63) is 40.0 Å². The summed E-state index contributed by atoms with van der Waals surface area (Å²) in [7, 11) is 1.85. The molecule has 0 bridgehead atoms. The van der Waals surface area contributed by atoms with Gasteiger partial charge in [-0.05, 0) is 23.4 Å². The molecule has 0 atom stereocenters. The van der Waals surface area contributed by atoms with Crippen molar-refractivity contribution in [2.24, 2.45) is 0 Å². The van der Waals surface area contributed by atoms with Crippen LogP contribution in [0.3, 0.4) is 0 Å². The number of hydrogen-bond acceptors (Lipinski definition) is 5. The van der Waals surface area contributed by atoms with Gasteiger partial charge in [0.1, 0.15) is 5.82 Å². The van der Waals surface area contributed by atoms with Crippen LogP contribution in [0.5, 0.6) is 0 Å². The quantitative estimate of drug-likeness (QED) is 0.918. The second kappa shape index (κ2) is 5.04. The van der Waals surface area contributed by atoms with Crippen molar-refractivity contribution in [1.82, 2.24) is 14.9 Å². The maximum absolute atomic E-state index is 4.42. The van der Waals surface area contributed by atoms with Crippen LogP contribution in [-0.4, -0.2) is 28.5 Å². The summed E-state index contributed by atoms with van der Waals surface area (Å²) < 4.78 is 0. The molecule has 2 aromatic rings. The molecule has 0 saturated carbocycles. The summed E-state index contributed by atoms with van der Waals surface area (Å²) in [5, 5.41) is 5.17. The fourth-order valence-corrected chi connectivity index (χ4v) is 3.13. The molecule has 1 N–H and O–H groups in total. The molecule has 1 aliphatic rings. The number of rotatable bonds is 3. The van der Waals surface area contributed by atoms with Crippen LogP contribution >= 0.6 is 11.3 Å². The van der Waals surface area contributed by atoms with Crippen molar-refractivity contribution in [2.45, 2.75) is 19.5 Å². The second-order valence-electron chi connectivity index (χ2n) is 4.47. The van der Waals surface area contributed by atoms with E-state index in [1.54, 1.807) is 11.1 Å². The van der Waals surface area contributed by atoms with Crippen molar-refractivity contribution in [2.75, 3.05) is 18.9 Å². The Labute approximate surface area is 111 Å². The van der Waals surface area contributed by atoms with E-state index in [1.807, 2.05) is 24.6 Å². The van der Waals surface area contributed by atoms with Gasteiger partial charge in [-0.1, -0.05) is 0 Å². The Morgan fingerprint density at radius 2 is 2.33 bits per heavy atom. The van der Waals surface area contributed by atoms with E-state index < -0.39 is 0 Å². The lowest BCUT2D eigenvalue weighted by Gasteiger charge is -2.26. The van der Waals surface area contributed by atoms with Gasteiger partial charge in [0.25, 0.3) is 0 Å². The predicted octanol–water partition coefficient (Wildman–Crippen LogP) is 2.14. The molecule has 0 amide bonds. The summed E-state index contributed by atoms with van der Waals surface area (Å²) in [6.45, 7) is 3.03. The van der Waals surface area contributed by atoms with Gasteiger partial charge in [-0.2, -0.15) is 0 Å². The summed E-state index contributed by atoms with van der Waals surface area (Å²) in [6.07, 6.45) is 4.80. The summed E-state index contributed by atoms with van der Waals surface area (Å²) in [5.74, 6) is 0.817. The molecule has 0 aromatic carbocycles. The van der Waals surface area contributed by atoms with E-state index in [0.717, 1.165) is 37.6 Å². The van der Waals surface area contributed by atoms with Crippen LogP contribution in [0, 0.1) is 0 Å². The van der Waals surface area contributed by atoms with Crippen molar-refractivity contribution >= 4 is 17.2 Å². The highest BCUT2D eigenvalue weighted by Gasteiger charge is 2.17. The van der Waals surface area contributed by atoms with Crippen molar-refractivity contribution in [3.8, 4) is 0 Å². The SMILES string of the molecule is CNc1cnc(CN2CCc3sccc3C2)cn1. The molecule has 5 heteroatoms. The van der Waals surface area contributed by atoms with Gasteiger partial charge >= 0.3 is 0 Å². The zero-order valence-corrected chi connectivity index (χ0v) is 11.2. The van der Waals surface area contributed by atoms with Crippen molar-refractivity contribution in [3.63, 3.8) is 0 Å². The highest BCUT2D eigenvalue weighted by Crippen LogP contribution is 2.24. The Morgan fingerprint density at radius 3 is 3.11 bits per heavy atom. The Bertz CT molecular complexity index is 520. The summed E-state index contributed by atoms with van der Waals surface area (Å²) in [4.78, 5) is 12.7. The van der Waals surface area contributed by atoms with Gasteiger partial charge in [-0.25, -0.2) is 4.98 Å². The monoisotopic (exact) mass is 260 g/mol. The van der Waals surface area contributed by atoms with Gasteiger partial charge in [0, 0.05) is 31.6 Å². The molecule has 3 rings (SSSR count). The molecule has 0 aliphatic carbocycles. The zero-order chi connectivity index (χ0) is 12.4. The van der Waals surface area contributed by atoms with Crippen LogP contribution in [0.2, 0.25) is 0 Å². The van der Waals surface area contributed by atoms with Gasteiger partial charge in [0.05, 0.1) is 18.1 Å². The Hall–Kier alpha value is -1.46. The number of anilines is 1. The van der Waals surface area contributed by atoms with Crippen molar-refractivity contribution < 1.29 is 0 Å². The lowest BCUT2D eigenvalue weighted by molar-refractivity contribution is 0.244. The number of hydrogen-bond donors (Lipinski definition) is 1. The second-order valence-corrected chi connectivity index (χ2v) is 5.47. The first-order chi connectivity index (χ1) is 8.85. The molecule has 18 heavy (non-hydrogen) atoms. The Balaban J connectivity index is 1.67. The summed E-state index contributed by atoms with van der Waals surface area (Å²) >= 11 is 1.88. The normalized spacial score (nSPS) is 15.4. The van der Waals surface area contributed by atoms with E-state index in [2.05, 4.69) is 31.6 Å². The van der Waals surface area contributed by atoms with E-state index in [-0.39, 0.29) is 0 Å². The fourth-order valence-electron chi connectivity index (χ4n) is 2.24. The minimum Gasteiger partial charge on any atom is -0.372 e. The summed E-state index contributed by atoms with van der Waals surface area (Å²) in [5.41, 5.74) is 2.51. The standard InChI is InChI=1S/C13H16N4S/c1-14-13-7-15-11(6-16-13)9-17-4-2-12-10(8-17)3-5-18-12/h3,5-7H,2,4,8-9H2,1H3,(H,14,16). The topological polar surface area (TPSA) is 41.1 Å². The fraction of sp³-hybridized carbons (Fsp3) is 0.385. The third kappa shape index (κ3) is 2.37. The number of thiophene rings is 1. The molecular formula is C13H16N4S. The lowest BCUT2D eigenvalue weighted by atomic mass is 10.1. The molecule has 1 aliphatic heterocycles. The van der Waals surface area contributed by atoms with Crippen LogP contribution in [0.25, 0.3) is 0 Å². The largest absolute Gasteiger partial charge is 0.372 e. The van der Waals surface area contributed by atoms with E-state index in [9.17, 15) is 0 Å². The predicted molar refractivity (Wildman–Crippen MR) is 73.7 cm³/mol. The van der Waals surface area contributed by atoms with Gasteiger partial charge < -0.3 is 5.32 Å². The average Bonchev–Trinajstić information content (AvgIpc) is 2.87. The first-order valence-corrected chi connectivity index (χ1v) is 6.99. The van der Waals surface area contributed by atoms with E-state index in [4.69, 9.17) is 0 Å². The first-order valence-electron chi connectivity index (χ1n) is 6.11. The van der Waals surface area contributed by atoms with Gasteiger partial charge in [-0.15, -0.1) is 11.3 Å². The molecular weight excluding hydrogens is 244 g/mol. The molecule has 94 valence electrons. The number of nitrogens with one attached hydrogen (secondary N) is 1. The van der Waals surface area contributed by atoms with E-state index in [0.29, 0.717) is 0 Å². The number of fused-ring (bicyclic) bond motifs is 1. The van der Waals surface area contributed by atoms with Crippen LogP contribution < -0.4 is 5.32 Å². The highest BCUT2D eigenvalue weighted by molar-refractivity contribution is 7.10. The maximum Gasteiger partial charge on any atom is 0.144 e. The van der Waals surface area contributed by atoms with Gasteiger partial charge in [0.2, 0.25) is 0 Å². The minimum atomic E-state index is 0.817. The molecule has 0 spiro atoms. The lowest BCUT2D eigenvalue weighted by Crippen LogP contribution is -2.29. The molecule has 4 nitrogen and oxygen atoms in total. The van der Waals surface area contributed by atoms with Gasteiger partial charge in [0.15, 0.2) is 0 Å². The smallest absolute Gasteiger partial charge is 0.144 e. The third-order valence-corrected chi connectivity index (χ3v) is 4.26. The van der Waals surface area contributed by atoms with Crippen molar-refractivity contribution in [1.29, 1.82) is 0 Å². The molecule has 3 heterocycles. The average molecular weight is 260 g/mol. The molecule has 2 aromatic heterocycles. The Morgan fingerprint density at radius 1 is 1.39 bits per heavy atom. The van der Waals surface area contributed by atoms with Crippen LogP contribution in [0.15, 0.2) is 23.8 Å². The van der Waals surface area contributed by atoms with E-state index in [1.165, 1.54) is 5.56 Å². The minimum absolute atomic E-state index is 0.817. The summed E-state index contributed by atoms with van der Waals surface area (Å²) in [6, 6.07) is 2.24. The van der Waals surface area contributed by atoms with Crippen LogP contribution in [-0.2, 0) is 19.5 Å². The van der Waals surface area contributed by atoms with Crippen LogP contribution in [0.4, 0.5) is 5.82 Å². The van der Waals surface area contributed by atoms with E-state index >= 15 is 0 Å². The highest BCUT2D eigenvalue weighted by atomic mass is 32.1. The molecule has 0 unspecified atom stereocenters. The molecule has 0 fully saturated rings. The zero-order valence-electron chi connectivity index (χ0n) is 10.4. The first kappa shape index (κ1) is 11.6. The van der Waals surface area contributed by atoms with Gasteiger partial charge in [-0.3, -0.25) is 9.88 Å².